The van der Waals surface area contributed by atoms with Crippen molar-refractivity contribution < 1.29 is 4.79 Å². The van der Waals surface area contributed by atoms with Crippen LogP contribution in [0.25, 0.3) is 21.6 Å². The SMILES string of the molecule is Cc1cccc(NC(=O)Cn2c(-c3cccc(C)c3)nc3sc4c(c3c2=O)CCCC4)c1. The van der Waals surface area contributed by atoms with Gasteiger partial charge in [0, 0.05) is 16.1 Å². The number of rotatable bonds is 4. The second-order valence-corrected chi connectivity index (χ2v) is 9.59. The van der Waals surface area contributed by atoms with E-state index in [4.69, 9.17) is 4.98 Å². The lowest BCUT2D eigenvalue weighted by molar-refractivity contribution is -0.116. The molecule has 1 amide bonds. The smallest absolute Gasteiger partial charge is 0.263 e. The zero-order valence-electron chi connectivity index (χ0n) is 18.3. The van der Waals surface area contributed by atoms with Gasteiger partial charge < -0.3 is 5.32 Å². The normalized spacial score (nSPS) is 13.2. The number of thiophene rings is 1. The predicted molar refractivity (Wildman–Crippen MR) is 131 cm³/mol. The second-order valence-electron chi connectivity index (χ2n) is 8.50. The molecular weight excluding hydrogens is 418 g/mol. The first-order valence-corrected chi connectivity index (χ1v) is 11.8. The van der Waals surface area contributed by atoms with E-state index < -0.39 is 0 Å². The largest absolute Gasteiger partial charge is 0.325 e. The molecule has 0 radical (unpaired) electrons. The maximum atomic E-state index is 13.7. The van der Waals surface area contributed by atoms with E-state index in [0.717, 1.165) is 58.5 Å². The molecule has 0 spiro atoms. The fourth-order valence-corrected chi connectivity index (χ4v) is 5.71. The van der Waals surface area contributed by atoms with Crippen LogP contribution in [0.5, 0.6) is 0 Å². The number of carbonyl (C=O) groups excluding carboxylic acids is 1. The molecule has 4 aromatic rings. The minimum Gasteiger partial charge on any atom is -0.325 e. The van der Waals surface area contributed by atoms with E-state index in [1.807, 2.05) is 62.4 Å². The van der Waals surface area contributed by atoms with Crippen LogP contribution < -0.4 is 10.9 Å². The number of benzene rings is 2. The molecule has 5 rings (SSSR count). The summed E-state index contributed by atoms with van der Waals surface area (Å²) in [5, 5.41) is 3.63. The molecule has 6 heteroatoms. The van der Waals surface area contributed by atoms with Crippen LogP contribution in [0.3, 0.4) is 0 Å². The third-order valence-electron chi connectivity index (χ3n) is 5.95. The third kappa shape index (κ3) is 3.86. The number of hydrogen-bond donors (Lipinski definition) is 1. The van der Waals surface area contributed by atoms with Crippen molar-refractivity contribution in [3.05, 3.63) is 80.5 Å². The molecule has 2 aromatic carbocycles. The maximum Gasteiger partial charge on any atom is 0.263 e. The Bertz CT molecular complexity index is 1400. The lowest BCUT2D eigenvalue weighted by Gasteiger charge is -2.14. The van der Waals surface area contributed by atoms with Gasteiger partial charge >= 0.3 is 0 Å². The van der Waals surface area contributed by atoms with Crippen LogP contribution >= 0.6 is 11.3 Å². The highest BCUT2D eigenvalue weighted by molar-refractivity contribution is 7.18. The highest BCUT2D eigenvalue weighted by Crippen LogP contribution is 2.35. The van der Waals surface area contributed by atoms with Crippen molar-refractivity contribution in [1.82, 2.24) is 9.55 Å². The van der Waals surface area contributed by atoms with Gasteiger partial charge in [-0.2, -0.15) is 0 Å². The van der Waals surface area contributed by atoms with Gasteiger partial charge in [-0.05, 0) is 68.9 Å². The number of aryl methyl sites for hydroxylation is 4. The van der Waals surface area contributed by atoms with Crippen molar-refractivity contribution in [2.24, 2.45) is 0 Å². The van der Waals surface area contributed by atoms with E-state index >= 15 is 0 Å². The molecular formula is C26H25N3O2S. The van der Waals surface area contributed by atoms with Crippen molar-refractivity contribution in [1.29, 1.82) is 0 Å². The van der Waals surface area contributed by atoms with Gasteiger partial charge in [-0.1, -0.05) is 35.9 Å². The summed E-state index contributed by atoms with van der Waals surface area (Å²) in [7, 11) is 0. The van der Waals surface area contributed by atoms with Crippen LogP contribution in [-0.4, -0.2) is 15.5 Å². The quantitative estimate of drug-likeness (QED) is 0.468. The van der Waals surface area contributed by atoms with E-state index in [1.54, 1.807) is 15.9 Å². The Hall–Kier alpha value is -3.25. The number of nitrogens with one attached hydrogen (secondary N) is 1. The summed E-state index contributed by atoms with van der Waals surface area (Å²) in [5.74, 6) is 0.307. The molecule has 2 heterocycles. The van der Waals surface area contributed by atoms with Crippen molar-refractivity contribution in [2.45, 2.75) is 46.1 Å². The number of amides is 1. The Morgan fingerprint density at radius 2 is 1.81 bits per heavy atom. The number of nitrogens with zero attached hydrogens (tertiary/aromatic N) is 2. The van der Waals surface area contributed by atoms with Crippen molar-refractivity contribution in [2.75, 3.05) is 5.32 Å². The van der Waals surface area contributed by atoms with Gasteiger partial charge in [-0.25, -0.2) is 4.98 Å². The van der Waals surface area contributed by atoms with E-state index in [0.29, 0.717) is 11.2 Å². The van der Waals surface area contributed by atoms with Crippen LogP contribution in [0.4, 0.5) is 5.69 Å². The topological polar surface area (TPSA) is 64.0 Å². The zero-order valence-corrected chi connectivity index (χ0v) is 19.1. The number of anilines is 1. The van der Waals surface area contributed by atoms with Gasteiger partial charge in [0.15, 0.2) is 0 Å². The van der Waals surface area contributed by atoms with E-state index in [2.05, 4.69) is 5.32 Å². The van der Waals surface area contributed by atoms with Crippen LogP contribution in [-0.2, 0) is 24.2 Å². The molecule has 162 valence electrons. The summed E-state index contributed by atoms with van der Waals surface area (Å²) in [4.78, 5) is 33.7. The van der Waals surface area contributed by atoms with Gasteiger partial charge in [0.1, 0.15) is 17.2 Å². The average molecular weight is 444 g/mol. The van der Waals surface area contributed by atoms with E-state index in [9.17, 15) is 9.59 Å². The van der Waals surface area contributed by atoms with Crippen LogP contribution in [0.2, 0.25) is 0 Å². The van der Waals surface area contributed by atoms with Gasteiger partial charge in [0.2, 0.25) is 5.91 Å². The summed E-state index contributed by atoms with van der Waals surface area (Å²) in [6, 6.07) is 15.6. The third-order valence-corrected chi connectivity index (χ3v) is 7.14. The fraction of sp³-hybridized carbons (Fsp3) is 0.269. The first-order valence-electron chi connectivity index (χ1n) is 11.0. The first-order chi connectivity index (χ1) is 15.5. The Morgan fingerprint density at radius 1 is 1.06 bits per heavy atom. The summed E-state index contributed by atoms with van der Waals surface area (Å²) in [6.45, 7) is 3.91. The molecule has 32 heavy (non-hydrogen) atoms. The van der Waals surface area contributed by atoms with E-state index in [1.165, 1.54) is 4.88 Å². The number of carbonyl (C=O) groups is 1. The Morgan fingerprint density at radius 3 is 2.59 bits per heavy atom. The Balaban J connectivity index is 1.63. The van der Waals surface area contributed by atoms with Crippen LogP contribution in [0, 0.1) is 13.8 Å². The van der Waals surface area contributed by atoms with Gasteiger partial charge in [-0.3, -0.25) is 14.2 Å². The lowest BCUT2D eigenvalue weighted by atomic mass is 9.97. The van der Waals surface area contributed by atoms with Crippen molar-refractivity contribution >= 4 is 33.1 Å². The fourth-order valence-electron chi connectivity index (χ4n) is 4.46. The minimum atomic E-state index is -0.239. The summed E-state index contributed by atoms with van der Waals surface area (Å²) >= 11 is 1.63. The molecule has 0 unspecified atom stereocenters. The zero-order chi connectivity index (χ0) is 22.2. The maximum absolute atomic E-state index is 13.7. The molecule has 5 nitrogen and oxygen atoms in total. The molecule has 1 aliphatic carbocycles. The standard InChI is InChI=1S/C26H25N3O2S/c1-16-7-5-9-18(13-16)24-28-25-23(20-11-3-4-12-21(20)32-25)26(31)29(24)15-22(30)27-19-10-6-8-17(2)14-19/h5-10,13-14H,3-4,11-12,15H2,1-2H3,(H,27,30). The number of aromatic nitrogens is 2. The Kier molecular flexibility index (Phi) is 5.39. The number of fused-ring (bicyclic) bond motifs is 3. The average Bonchev–Trinajstić information content (AvgIpc) is 3.14. The molecule has 0 saturated heterocycles. The summed E-state index contributed by atoms with van der Waals surface area (Å²) < 4.78 is 1.55. The van der Waals surface area contributed by atoms with Crippen LogP contribution in [0.1, 0.15) is 34.4 Å². The molecule has 0 aliphatic heterocycles. The molecule has 0 bridgehead atoms. The van der Waals surface area contributed by atoms with Crippen molar-refractivity contribution in [3.8, 4) is 11.4 Å². The van der Waals surface area contributed by atoms with E-state index in [-0.39, 0.29) is 18.0 Å². The molecule has 1 aliphatic rings. The summed E-state index contributed by atoms with van der Waals surface area (Å²) in [6.07, 6.45) is 4.15. The second kappa shape index (κ2) is 8.36. The van der Waals surface area contributed by atoms with Gasteiger partial charge in [0.25, 0.3) is 5.56 Å². The lowest BCUT2D eigenvalue weighted by Crippen LogP contribution is -2.30. The van der Waals surface area contributed by atoms with Crippen LogP contribution in [0.15, 0.2) is 53.3 Å². The van der Waals surface area contributed by atoms with Gasteiger partial charge in [-0.15, -0.1) is 11.3 Å². The number of hydrogen-bond acceptors (Lipinski definition) is 4. The molecule has 0 saturated carbocycles. The minimum absolute atomic E-state index is 0.0798. The van der Waals surface area contributed by atoms with Crippen molar-refractivity contribution in [3.63, 3.8) is 0 Å². The van der Waals surface area contributed by atoms with Gasteiger partial charge in [0.05, 0.1) is 5.39 Å². The highest BCUT2D eigenvalue weighted by Gasteiger charge is 2.23. The monoisotopic (exact) mass is 443 g/mol. The highest BCUT2D eigenvalue weighted by atomic mass is 32.1. The Labute approximate surface area is 190 Å². The molecule has 0 atom stereocenters. The summed E-state index contributed by atoms with van der Waals surface area (Å²) in [5.41, 5.74) is 4.73. The first kappa shape index (κ1) is 20.6. The molecule has 0 fully saturated rings. The molecule has 1 N–H and O–H groups in total. The predicted octanol–water partition coefficient (Wildman–Crippen LogP) is 5.26. The molecule has 2 aromatic heterocycles.